The normalized spacial score (nSPS) is 13.0. The number of hydrogen-bond donors (Lipinski definition) is 1. The van der Waals surface area contributed by atoms with Crippen LogP contribution in [-0.2, 0) is 32.7 Å². The van der Waals surface area contributed by atoms with Gasteiger partial charge in [0.05, 0.1) is 27.7 Å². The lowest BCUT2D eigenvalue weighted by Gasteiger charge is -2.24. The Kier molecular flexibility index (Phi) is 67.1. The van der Waals surface area contributed by atoms with Gasteiger partial charge in [-0.05, 0) is 38.5 Å². The van der Waals surface area contributed by atoms with Crippen LogP contribution in [0.1, 0.15) is 412 Å². The maximum Gasteiger partial charge on any atom is 0.472 e. The second-order valence-electron chi connectivity index (χ2n) is 27.8. The van der Waals surface area contributed by atoms with Gasteiger partial charge in [-0.2, -0.15) is 0 Å². The van der Waals surface area contributed by atoms with E-state index in [1.54, 1.807) is 0 Å². The Morgan fingerprint density at radius 1 is 0.349 bits per heavy atom. The smallest absolute Gasteiger partial charge is 0.462 e. The van der Waals surface area contributed by atoms with E-state index in [9.17, 15) is 19.0 Å². The summed E-state index contributed by atoms with van der Waals surface area (Å²) in [6, 6.07) is 0. The van der Waals surface area contributed by atoms with Gasteiger partial charge in [0.1, 0.15) is 19.8 Å². The number of phosphoric acid groups is 1. The molecule has 0 heterocycles. The first-order chi connectivity index (χ1) is 42.0. The summed E-state index contributed by atoms with van der Waals surface area (Å²) in [4.78, 5) is 35.9. The molecule has 0 saturated heterocycles. The maximum absolute atomic E-state index is 12.9. The highest BCUT2D eigenvalue weighted by Gasteiger charge is 2.27. The fraction of sp³-hybridized carbons (Fsp3) is 0.947. The first-order valence-corrected chi connectivity index (χ1v) is 39.9. The van der Waals surface area contributed by atoms with Crippen LogP contribution in [0.3, 0.4) is 0 Å². The average Bonchev–Trinajstić information content (AvgIpc) is 3.56. The zero-order valence-corrected chi connectivity index (χ0v) is 59.5. The molecule has 0 aromatic rings. The van der Waals surface area contributed by atoms with Crippen molar-refractivity contribution in [3.05, 3.63) is 12.2 Å². The van der Waals surface area contributed by atoms with Crippen LogP contribution in [-0.4, -0.2) is 74.9 Å². The zero-order chi connectivity index (χ0) is 62.6. The molecule has 0 fully saturated rings. The number of likely N-dealkylation sites (N-methyl/N-ethyl adjacent to an activating group) is 1. The Bertz CT molecular complexity index is 1450. The van der Waals surface area contributed by atoms with E-state index < -0.39 is 26.5 Å². The van der Waals surface area contributed by atoms with Crippen molar-refractivity contribution in [3.8, 4) is 0 Å². The largest absolute Gasteiger partial charge is 0.472 e. The van der Waals surface area contributed by atoms with Crippen LogP contribution in [0.4, 0.5) is 0 Å². The van der Waals surface area contributed by atoms with Crippen LogP contribution < -0.4 is 0 Å². The summed E-state index contributed by atoms with van der Waals surface area (Å²) in [6.07, 6.45) is 85.0. The van der Waals surface area contributed by atoms with Crippen molar-refractivity contribution in [2.45, 2.75) is 418 Å². The fourth-order valence-electron chi connectivity index (χ4n) is 11.9. The van der Waals surface area contributed by atoms with Gasteiger partial charge in [0.2, 0.25) is 0 Å². The standard InChI is InChI=1S/C76H150NO8P/c1-6-8-10-12-14-16-18-20-22-24-26-28-30-31-32-33-34-35-36-37-38-39-40-41-42-43-44-45-47-49-51-53-55-57-59-61-63-65-67-69-76(79)85-74(73-84-86(80,81)83-71-70-77(3,4)5)72-82-75(78)68-66-64-62-60-58-56-54-52-50-48-46-29-27-25-23-21-19-17-15-13-11-9-7-2/h24,26,74H,6-23,25,27-73H2,1-5H3/p+1/b26-24-. The number of carbonyl (C=O) groups excluding carboxylic acids is 2. The van der Waals surface area contributed by atoms with Crippen LogP contribution in [0, 0.1) is 0 Å². The number of rotatable bonds is 73. The number of hydrogen-bond acceptors (Lipinski definition) is 7. The number of nitrogens with zero attached hydrogens (tertiary/aromatic N) is 1. The topological polar surface area (TPSA) is 108 Å². The van der Waals surface area contributed by atoms with E-state index >= 15 is 0 Å². The number of ether oxygens (including phenoxy) is 2. The molecule has 0 aliphatic heterocycles. The van der Waals surface area contributed by atoms with Gasteiger partial charge < -0.3 is 18.9 Å². The summed E-state index contributed by atoms with van der Waals surface area (Å²) in [5, 5.41) is 0. The molecule has 0 aliphatic rings. The summed E-state index contributed by atoms with van der Waals surface area (Å²) in [7, 11) is 1.51. The van der Waals surface area contributed by atoms with Crippen molar-refractivity contribution in [1.29, 1.82) is 0 Å². The number of phosphoric ester groups is 1. The first kappa shape index (κ1) is 84.8. The van der Waals surface area contributed by atoms with Gasteiger partial charge in [0, 0.05) is 12.8 Å². The van der Waals surface area contributed by atoms with Crippen LogP contribution in [0.2, 0.25) is 0 Å². The lowest BCUT2D eigenvalue weighted by atomic mass is 10.0. The number of carbonyl (C=O) groups is 2. The molecule has 0 aromatic heterocycles. The molecular formula is C76H151NO8P+. The third-order valence-electron chi connectivity index (χ3n) is 17.8. The van der Waals surface area contributed by atoms with Gasteiger partial charge in [-0.15, -0.1) is 0 Å². The van der Waals surface area contributed by atoms with E-state index in [0.717, 1.165) is 38.5 Å². The Labute approximate surface area is 537 Å². The Morgan fingerprint density at radius 3 is 0.860 bits per heavy atom. The van der Waals surface area contributed by atoms with Gasteiger partial charge in [-0.3, -0.25) is 18.6 Å². The summed E-state index contributed by atoms with van der Waals surface area (Å²) >= 11 is 0. The predicted octanol–water partition coefficient (Wildman–Crippen LogP) is 25.1. The molecule has 86 heavy (non-hydrogen) atoms. The van der Waals surface area contributed by atoms with E-state index in [1.807, 2.05) is 21.1 Å². The van der Waals surface area contributed by atoms with Crippen LogP contribution in [0.25, 0.3) is 0 Å². The van der Waals surface area contributed by atoms with E-state index in [2.05, 4.69) is 26.0 Å². The molecule has 0 amide bonds. The van der Waals surface area contributed by atoms with Crippen LogP contribution in [0.15, 0.2) is 12.2 Å². The van der Waals surface area contributed by atoms with Crippen molar-refractivity contribution >= 4 is 19.8 Å². The highest BCUT2D eigenvalue weighted by atomic mass is 31.2. The molecule has 0 aromatic carbocycles. The van der Waals surface area contributed by atoms with Gasteiger partial charge in [-0.1, -0.05) is 373 Å². The molecule has 0 spiro atoms. The molecule has 0 aliphatic carbocycles. The predicted molar refractivity (Wildman–Crippen MR) is 372 cm³/mol. The van der Waals surface area contributed by atoms with Crippen molar-refractivity contribution in [2.75, 3.05) is 47.5 Å². The van der Waals surface area contributed by atoms with E-state index in [0.29, 0.717) is 17.4 Å². The van der Waals surface area contributed by atoms with Crippen LogP contribution in [0.5, 0.6) is 0 Å². The lowest BCUT2D eigenvalue weighted by molar-refractivity contribution is -0.870. The summed E-state index contributed by atoms with van der Waals surface area (Å²) < 4.78 is 34.8. The zero-order valence-electron chi connectivity index (χ0n) is 58.6. The van der Waals surface area contributed by atoms with E-state index in [1.165, 1.54) is 347 Å². The number of unbranched alkanes of at least 4 members (excludes halogenated alkanes) is 57. The minimum atomic E-state index is -4.39. The summed E-state index contributed by atoms with van der Waals surface area (Å²) in [5.74, 6) is -0.768. The first-order valence-electron chi connectivity index (χ1n) is 38.4. The number of esters is 2. The van der Waals surface area contributed by atoms with E-state index in [-0.39, 0.29) is 25.6 Å². The molecule has 512 valence electrons. The average molecular weight is 1240 g/mol. The molecule has 0 rings (SSSR count). The molecule has 2 unspecified atom stereocenters. The fourth-order valence-corrected chi connectivity index (χ4v) is 12.6. The maximum atomic E-state index is 12.9. The van der Waals surface area contributed by atoms with Gasteiger partial charge in [-0.25, -0.2) is 4.57 Å². The van der Waals surface area contributed by atoms with Gasteiger partial charge in [0.25, 0.3) is 0 Å². The lowest BCUT2D eigenvalue weighted by Crippen LogP contribution is -2.37. The summed E-state index contributed by atoms with van der Waals surface area (Å²) in [5.41, 5.74) is 0. The SMILES string of the molecule is CCCCCCCCCC/C=C\CCCCCCCCCCCCCCCCCCCCCCCCCCCCCC(=O)OC(COC(=O)CCCCCCCCCCCCCCCCCCCCCCCCC)COP(=O)(O)OCC[N+](C)(C)C. The molecule has 0 radical (unpaired) electrons. The quantitative estimate of drug-likeness (QED) is 0.0211. The molecule has 0 bridgehead atoms. The van der Waals surface area contributed by atoms with Crippen LogP contribution >= 0.6 is 7.82 Å². The number of allylic oxidation sites excluding steroid dienone is 2. The minimum Gasteiger partial charge on any atom is -0.462 e. The van der Waals surface area contributed by atoms with Crippen molar-refractivity contribution in [2.24, 2.45) is 0 Å². The summed E-state index contributed by atoms with van der Waals surface area (Å²) in [6.45, 7) is 4.53. The third kappa shape index (κ3) is 71.8. The second-order valence-corrected chi connectivity index (χ2v) is 29.2. The van der Waals surface area contributed by atoms with Crippen molar-refractivity contribution in [1.82, 2.24) is 0 Å². The molecule has 2 atom stereocenters. The molecule has 9 nitrogen and oxygen atoms in total. The van der Waals surface area contributed by atoms with Gasteiger partial charge in [0.15, 0.2) is 6.10 Å². The van der Waals surface area contributed by atoms with Gasteiger partial charge >= 0.3 is 19.8 Å². The second kappa shape index (κ2) is 68.1. The molecule has 0 saturated carbocycles. The Hall–Kier alpha value is -1.25. The highest BCUT2D eigenvalue weighted by Crippen LogP contribution is 2.43. The van der Waals surface area contributed by atoms with Crippen molar-refractivity contribution in [3.63, 3.8) is 0 Å². The molecule has 1 N–H and O–H groups in total. The minimum absolute atomic E-state index is 0.0371. The Morgan fingerprint density at radius 2 is 0.593 bits per heavy atom. The molecular weight excluding hydrogens is 1090 g/mol. The highest BCUT2D eigenvalue weighted by molar-refractivity contribution is 7.47. The molecule has 10 heteroatoms. The van der Waals surface area contributed by atoms with Crippen molar-refractivity contribution < 1.29 is 42.1 Å². The monoisotopic (exact) mass is 1240 g/mol. The third-order valence-corrected chi connectivity index (χ3v) is 18.8. The number of quaternary nitrogens is 1. The Balaban J connectivity index is 3.87. The van der Waals surface area contributed by atoms with E-state index in [4.69, 9.17) is 18.5 Å².